The van der Waals surface area contributed by atoms with Gasteiger partial charge in [0.15, 0.2) is 0 Å². The average Bonchev–Trinajstić information content (AvgIpc) is 2.43. The van der Waals surface area contributed by atoms with E-state index in [2.05, 4.69) is 24.5 Å². The van der Waals surface area contributed by atoms with Crippen molar-refractivity contribution in [2.75, 3.05) is 17.2 Å². The van der Waals surface area contributed by atoms with E-state index >= 15 is 0 Å². The van der Waals surface area contributed by atoms with Crippen LogP contribution in [0, 0.1) is 0 Å². The molecular weight excluding hydrogens is 236 g/mol. The van der Waals surface area contributed by atoms with Crippen LogP contribution in [0.4, 0.5) is 11.4 Å². The molecule has 0 saturated carbocycles. The van der Waals surface area contributed by atoms with Crippen molar-refractivity contribution < 1.29 is 4.79 Å². The second kappa shape index (κ2) is 9.42. The van der Waals surface area contributed by atoms with Crippen LogP contribution in [0.3, 0.4) is 0 Å². The van der Waals surface area contributed by atoms with Gasteiger partial charge < -0.3 is 10.6 Å². The first kappa shape index (κ1) is 15.5. The van der Waals surface area contributed by atoms with Gasteiger partial charge in [0.05, 0.1) is 0 Å². The maximum atomic E-state index is 11.6. The Morgan fingerprint density at radius 2 is 1.58 bits per heavy atom. The fraction of sp³-hybridized carbons (Fsp3) is 0.562. The van der Waals surface area contributed by atoms with Gasteiger partial charge in [-0.3, -0.25) is 4.79 Å². The van der Waals surface area contributed by atoms with E-state index < -0.39 is 0 Å². The molecule has 19 heavy (non-hydrogen) atoms. The lowest BCUT2D eigenvalue weighted by molar-refractivity contribution is -0.116. The largest absolute Gasteiger partial charge is 0.385 e. The Morgan fingerprint density at radius 1 is 0.947 bits per heavy atom. The van der Waals surface area contributed by atoms with Gasteiger partial charge in [-0.2, -0.15) is 0 Å². The molecule has 3 nitrogen and oxygen atoms in total. The number of rotatable bonds is 9. The van der Waals surface area contributed by atoms with Gasteiger partial charge in [-0.25, -0.2) is 0 Å². The summed E-state index contributed by atoms with van der Waals surface area (Å²) in [5.74, 6) is 0.102. The average molecular weight is 262 g/mol. The summed E-state index contributed by atoms with van der Waals surface area (Å²) in [6.45, 7) is 5.30. The topological polar surface area (TPSA) is 41.1 Å². The van der Waals surface area contributed by atoms with Crippen molar-refractivity contribution in [2.45, 2.75) is 52.4 Å². The highest BCUT2D eigenvalue weighted by molar-refractivity contribution is 5.90. The van der Waals surface area contributed by atoms with Gasteiger partial charge in [-0.15, -0.1) is 0 Å². The van der Waals surface area contributed by atoms with Crippen LogP contribution in [0.15, 0.2) is 24.3 Å². The third-order valence-electron chi connectivity index (χ3n) is 3.04. The van der Waals surface area contributed by atoms with Gasteiger partial charge in [0.25, 0.3) is 0 Å². The third-order valence-corrected chi connectivity index (χ3v) is 3.04. The van der Waals surface area contributed by atoms with Crippen molar-refractivity contribution in [3.05, 3.63) is 24.3 Å². The van der Waals surface area contributed by atoms with E-state index in [0.29, 0.717) is 6.42 Å². The van der Waals surface area contributed by atoms with Crippen LogP contribution in [0.25, 0.3) is 0 Å². The summed E-state index contributed by atoms with van der Waals surface area (Å²) >= 11 is 0. The third kappa shape index (κ3) is 6.85. The molecule has 0 aliphatic carbocycles. The number of unbranched alkanes of at least 4 members (excludes halogenated alkanes) is 3. The summed E-state index contributed by atoms with van der Waals surface area (Å²) in [6.07, 6.45) is 6.31. The number of amides is 1. The molecular formula is C16H26N2O. The first-order chi connectivity index (χ1) is 9.26. The van der Waals surface area contributed by atoms with Crippen molar-refractivity contribution in [1.82, 2.24) is 0 Å². The van der Waals surface area contributed by atoms with E-state index in [-0.39, 0.29) is 5.91 Å². The Labute approximate surface area is 116 Å². The standard InChI is InChI=1S/C16H26N2O/c1-3-5-7-13-17-14-9-11-15(12-10-14)18-16(19)8-6-4-2/h9-12,17H,3-8,13H2,1-2H3,(H,18,19). The van der Waals surface area contributed by atoms with Gasteiger partial charge in [-0.1, -0.05) is 33.1 Å². The number of anilines is 2. The van der Waals surface area contributed by atoms with Gasteiger partial charge in [-0.05, 0) is 37.1 Å². The van der Waals surface area contributed by atoms with Crippen LogP contribution in [-0.2, 0) is 4.79 Å². The Hall–Kier alpha value is -1.51. The zero-order chi connectivity index (χ0) is 13.9. The molecule has 3 heteroatoms. The van der Waals surface area contributed by atoms with Crippen molar-refractivity contribution in [1.29, 1.82) is 0 Å². The first-order valence-corrected chi connectivity index (χ1v) is 7.40. The number of carbonyl (C=O) groups excluding carboxylic acids is 1. The highest BCUT2D eigenvalue weighted by Crippen LogP contribution is 2.14. The summed E-state index contributed by atoms with van der Waals surface area (Å²) in [7, 11) is 0. The molecule has 0 aliphatic heterocycles. The Kier molecular flexibility index (Phi) is 7.71. The minimum atomic E-state index is 0.102. The molecule has 0 atom stereocenters. The molecule has 0 saturated heterocycles. The number of benzene rings is 1. The minimum absolute atomic E-state index is 0.102. The van der Waals surface area contributed by atoms with Crippen LogP contribution in [0.1, 0.15) is 52.4 Å². The van der Waals surface area contributed by atoms with Crippen molar-refractivity contribution in [3.63, 3.8) is 0 Å². The van der Waals surface area contributed by atoms with Crippen LogP contribution in [-0.4, -0.2) is 12.5 Å². The second-order valence-electron chi connectivity index (χ2n) is 4.86. The highest BCUT2D eigenvalue weighted by atomic mass is 16.1. The molecule has 0 spiro atoms. The Balaban J connectivity index is 2.32. The number of carbonyl (C=O) groups is 1. The zero-order valence-electron chi connectivity index (χ0n) is 12.2. The predicted molar refractivity (Wildman–Crippen MR) is 82.6 cm³/mol. The summed E-state index contributed by atoms with van der Waals surface area (Å²) in [5, 5.41) is 6.30. The fourth-order valence-electron chi connectivity index (χ4n) is 1.84. The van der Waals surface area contributed by atoms with E-state index in [1.165, 1.54) is 19.3 Å². The molecule has 0 unspecified atom stereocenters. The molecule has 1 rings (SSSR count). The number of nitrogens with one attached hydrogen (secondary N) is 2. The van der Waals surface area contributed by atoms with E-state index in [1.807, 2.05) is 24.3 Å². The monoisotopic (exact) mass is 262 g/mol. The molecule has 0 heterocycles. The normalized spacial score (nSPS) is 10.2. The maximum Gasteiger partial charge on any atom is 0.224 e. The summed E-state index contributed by atoms with van der Waals surface area (Å²) in [5.41, 5.74) is 1.99. The molecule has 0 fully saturated rings. The quantitative estimate of drug-likeness (QED) is 0.647. The Bertz CT molecular complexity index is 360. The molecule has 1 aromatic rings. The molecule has 2 N–H and O–H groups in total. The maximum absolute atomic E-state index is 11.6. The molecule has 1 aromatic carbocycles. The minimum Gasteiger partial charge on any atom is -0.385 e. The van der Waals surface area contributed by atoms with Crippen LogP contribution in [0.5, 0.6) is 0 Å². The van der Waals surface area contributed by atoms with Crippen LogP contribution in [0.2, 0.25) is 0 Å². The summed E-state index contributed by atoms with van der Waals surface area (Å²) in [4.78, 5) is 11.6. The lowest BCUT2D eigenvalue weighted by atomic mass is 10.2. The lowest BCUT2D eigenvalue weighted by Crippen LogP contribution is -2.10. The van der Waals surface area contributed by atoms with Crippen LogP contribution >= 0.6 is 0 Å². The van der Waals surface area contributed by atoms with Crippen LogP contribution < -0.4 is 10.6 Å². The van der Waals surface area contributed by atoms with Crippen molar-refractivity contribution in [3.8, 4) is 0 Å². The van der Waals surface area contributed by atoms with E-state index in [9.17, 15) is 4.79 Å². The van der Waals surface area contributed by atoms with Gasteiger partial charge >= 0.3 is 0 Å². The summed E-state index contributed by atoms with van der Waals surface area (Å²) in [6, 6.07) is 7.93. The van der Waals surface area contributed by atoms with E-state index in [0.717, 1.165) is 30.8 Å². The smallest absolute Gasteiger partial charge is 0.224 e. The van der Waals surface area contributed by atoms with Gasteiger partial charge in [0, 0.05) is 24.3 Å². The van der Waals surface area contributed by atoms with Crippen molar-refractivity contribution in [2.24, 2.45) is 0 Å². The zero-order valence-corrected chi connectivity index (χ0v) is 12.2. The molecule has 0 aliphatic rings. The summed E-state index contributed by atoms with van der Waals surface area (Å²) < 4.78 is 0. The molecule has 0 bridgehead atoms. The Morgan fingerprint density at radius 3 is 2.21 bits per heavy atom. The van der Waals surface area contributed by atoms with Gasteiger partial charge in [0.2, 0.25) is 5.91 Å². The second-order valence-corrected chi connectivity index (χ2v) is 4.86. The predicted octanol–water partition coefficient (Wildman–Crippen LogP) is 4.42. The lowest BCUT2D eigenvalue weighted by Gasteiger charge is -2.08. The molecule has 0 radical (unpaired) electrons. The van der Waals surface area contributed by atoms with E-state index in [4.69, 9.17) is 0 Å². The fourth-order valence-corrected chi connectivity index (χ4v) is 1.84. The molecule has 0 aromatic heterocycles. The SMILES string of the molecule is CCCCCNc1ccc(NC(=O)CCCC)cc1. The first-order valence-electron chi connectivity index (χ1n) is 7.40. The molecule has 1 amide bonds. The number of hydrogen-bond donors (Lipinski definition) is 2. The van der Waals surface area contributed by atoms with E-state index in [1.54, 1.807) is 0 Å². The molecule has 106 valence electrons. The number of hydrogen-bond acceptors (Lipinski definition) is 2. The highest BCUT2D eigenvalue weighted by Gasteiger charge is 2.01. The van der Waals surface area contributed by atoms with Crippen molar-refractivity contribution >= 4 is 17.3 Å². The van der Waals surface area contributed by atoms with Gasteiger partial charge in [0.1, 0.15) is 0 Å².